The van der Waals surface area contributed by atoms with Gasteiger partial charge in [0.2, 0.25) is 0 Å². The summed E-state index contributed by atoms with van der Waals surface area (Å²) in [7, 11) is 1.72. The van der Waals surface area contributed by atoms with Gasteiger partial charge in [-0.15, -0.1) is 0 Å². The Bertz CT molecular complexity index is 473. The Morgan fingerprint density at radius 3 is 2.61 bits per heavy atom. The molecule has 1 aromatic heterocycles. The molecular weight excluding hydrogens is 234 g/mol. The Kier molecular flexibility index (Phi) is 3.41. The number of aryl methyl sites for hydroxylation is 1. The minimum Gasteiger partial charge on any atom is -0.478 e. The van der Waals surface area contributed by atoms with Gasteiger partial charge >= 0.3 is 5.97 Å². The van der Waals surface area contributed by atoms with Gasteiger partial charge in [0.25, 0.3) is 5.91 Å². The number of carboxylic acids is 1. The minimum absolute atomic E-state index is 0.0840. The molecule has 0 aliphatic heterocycles. The number of hydrogen-bond acceptors (Lipinski definition) is 3. The summed E-state index contributed by atoms with van der Waals surface area (Å²) in [5.41, 5.74) is 0.0840. The SMILES string of the molecule is CCc1oc(C(=O)N(C)CC2CC2)cc1C(=O)O. The number of carbonyl (C=O) groups is 2. The zero-order chi connectivity index (χ0) is 13.3. The van der Waals surface area contributed by atoms with Gasteiger partial charge in [-0.3, -0.25) is 4.79 Å². The third-order valence-electron chi connectivity index (χ3n) is 3.15. The first kappa shape index (κ1) is 12.7. The number of aromatic carboxylic acids is 1. The van der Waals surface area contributed by atoms with Crippen LogP contribution < -0.4 is 0 Å². The molecule has 1 N–H and O–H groups in total. The van der Waals surface area contributed by atoms with Crippen molar-refractivity contribution in [2.24, 2.45) is 5.92 Å². The Morgan fingerprint density at radius 1 is 1.50 bits per heavy atom. The fourth-order valence-electron chi connectivity index (χ4n) is 1.94. The maximum absolute atomic E-state index is 12.1. The quantitative estimate of drug-likeness (QED) is 0.869. The lowest BCUT2D eigenvalue weighted by atomic mass is 10.2. The topological polar surface area (TPSA) is 70.8 Å². The average Bonchev–Trinajstić information content (AvgIpc) is 3.03. The lowest BCUT2D eigenvalue weighted by Gasteiger charge is -2.14. The highest BCUT2D eigenvalue weighted by atomic mass is 16.4. The Labute approximate surface area is 105 Å². The summed E-state index contributed by atoms with van der Waals surface area (Å²) in [4.78, 5) is 24.6. The van der Waals surface area contributed by atoms with E-state index in [1.54, 1.807) is 18.9 Å². The van der Waals surface area contributed by atoms with E-state index in [4.69, 9.17) is 9.52 Å². The third-order valence-corrected chi connectivity index (χ3v) is 3.15. The van der Waals surface area contributed by atoms with Gasteiger partial charge in [-0.25, -0.2) is 4.79 Å². The van der Waals surface area contributed by atoms with E-state index >= 15 is 0 Å². The number of amides is 1. The summed E-state index contributed by atoms with van der Waals surface area (Å²) >= 11 is 0. The molecular formula is C13H17NO4. The molecule has 0 atom stereocenters. The molecule has 1 aliphatic carbocycles. The molecule has 0 bridgehead atoms. The van der Waals surface area contributed by atoms with E-state index in [1.807, 2.05) is 0 Å². The monoisotopic (exact) mass is 251 g/mol. The number of rotatable bonds is 5. The predicted molar refractivity (Wildman–Crippen MR) is 64.7 cm³/mol. The van der Waals surface area contributed by atoms with Crippen molar-refractivity contribution in [3.05, 3.63) is 23.2 Å². The highest BCUT2D eigenvalue weighted by Gasteiger charge is 2.27. The minimum atomic E-state index is -1.06. The van der Waals surface area contributed by atoms with Crippen LogP contribution in [0.3, 0.4) is 0 Å². The van der Waals surface area contributed by atoms with E-state index in [0.29, 0.717) is 24.6 Å². The van der Waals surface area contributed by atoms with Crippen molar-refractivity contribution in [3.63, 3.8) is 0 Å². The molecule has 0 spiro atoms. The highest BCUT2D eigenvalue weighted by molar-refractivity contribution is 5.96. The van der Waals surface area contributed by atoms with Crippen molar-refractivity contribution in [2.45, 2.75) is 26.2 Å². The molecule has 1 amide bonds. The second kappa shape index (κ2) is 4.84. The molecule has 1 saturated carbocycles. The molecule has 1 aromatic rings. The summed E-state index contributed by atoms with van der Waals surface area (Å²) in [5, 5.41) is 9.00. The van der Waals surface area contributed by atoms with Crippen LogP contribution in [0.1, 0.15) is 46.4 Å². The standard InChI is InChI=1S/C13H17NO4/c1-3-10-9(13(16)17)6-11(18-10)12(15)14(2)7-8-4-5-8/h6,8H,3-5,7H2,1-2H3,(H,16,17). The van der Waals surface area contributed by atoms with Crippen LogP contribution in [0.25, 0.3) is 0 Å². The molecule has 0 radical (unpaired) electrons. The van der Waals surface area contributed by atoms with E-state index in [1.165, 1.54) is 6.07 Å². The van der Waals surface area contributed by atoms with Crippen LogP contribution in [0.4, 0.5) is 0 Å². The summed E-state index contributed by atoms with van der Waals surface area (Å²) in [6.45, 7) is 2.51. The number of furan rings is 1. The zero-order valence-electron chi connectivity index (χ0n) is 10.6. The van der Waals surface area contributed by atoms with Crippen LogP contribution in [0.15, 0.2) is 10.5 Å². The van der Waals surface area contributed by atoms with E-state index in [9.17, 15) is 9.59 Å². The van der Waals surface area contributed by atoms with Crippen molar-refractivity contribution in [1.29, 1.82) is 0 Å². The van der Waals surface area contributed by atoms with Gasteiger partial charge in [-0.2, -0.15) is 0 Å². The maximum Gasteiger partial charge on any atom is 0.339 e. The molecule has 5 heteroatoms. The molecule has 2 rings (SSSR count). The van der Waals surface area contributed by atoms with E-state index in [-0.39, 0.29) is 17.2 Å². The van der Waals surface area contributed by atoms with Crippen molar-refractivity contribution < 1.29 is 19.1 Å². The number of hydrogen-bond donors (Lipinski definition) is 1. The number of carbonyl (C=O) groups excluding carboxylic acids is 1. The average molecular weight is 251 g/mol. The highest BCUT2D eigenvalue weighted by Crippen LogP contribution is 2.30. The molecule has 98 valence electrons. The molecule has 0 aromatic carbocycles. The van der Waals surface area contributed by atoms with Crippen LogP contribution in [-0.4, -0.2) is 35.5 Å². The normalized spacial score (nSPS) is 14.6. The molecule has 1 heterocycles. The Balaban J connectivity index is 2.16. The van der Waals surface area contributed by atoms with Crippen LogP contribution in [0.2, 0.25) is 0 Å². The number of nitrogens with zero attached hydrogens (tertiary/aromatic N) is 1. The Morgan fingerprint density at radius 2 is 2.17 bits per heavy atom. The molecule has 0 saturated heterocycles. The fraction of sp³-hybridized carbons (Fsp3) is 0.538. The lowest BCUT2D eigenvalue weighted by molar-refractivity contribution is 0.0693. The van der Waals surface area contributed by atoms with Gasteiger partial charge < -0.3 is 14.4 Å². The largest absolute Gasteiger partial charge is 0.478 e. The first-order valence-electron chi connectivity index (χ1n) is 6.14. The van der Waals surface area contributed by atoms with Crippen molar-refractivity contribution in [1.82, 2.24) is 4.90 Å². The first-order chi connectivity index (χ1) is 8.52. The second-order valence-corrected chi connectivity index (χ2v) is 4.74. The molecule has 1 fully saturated rings. The Hall–Kier alpha value is -1.78. The smallest absolute Gasteiger partial charge is 0.339 e. The van der Waals surface area contributed by atoms with Gasteiger partial charge in [0.05, 0.1) is 0 Å². The molecule has 18 heavy (non-hydrogen) atoms. The zero-order valence-corrected chi connectivity index (χ0v) is 10.6. The molecule has 0 unspecified atom stereocenters. The van der Waals surface area contributed by atoms with Gasteiger partial charge in [-0.1, -0.05) is 6.92 Å². The summed E-state index contributed by atoms with van der Waals surface area (Å²) in [5.74, 6) is -0.236. The predicted octanol–water partition coefficient (Wildman–Crippen LogP) is 2.02. The van der Waals surface area contributed by atoms with Crippen LogP contribution in [0, 0.1) is 5.92 Å². The van der Waals surface area contributed by atoms with E-state index < -0.39 is 5.97 Å². The van der Waals surface area contributed by atoms with Gasteiger partial charge in [0, 0.05) is 26.1 Å². The summed E-state index contributed by atoms with van der Waals surface area (Å²) < 4.78 is 5.34. The summed E-state index contributed by atoms with van der Waals surface area (Å²) in [6.07, 6.45) is 2.79. The van der Waals surface area contributed by atoms with Gasteiger partial charge in [-0.05, 0) is 18.8 Å². The van der Waals surface area contributed by atoms with E-state index in [2.05, 4.69) is 0 Å². The van der Waals surface area contributed by atoms with Gasteiger partial charge in [0.1, 0.15) is 11.3 Å². The van der Waals surface area contributed by atoms with Crippen LogP contribution >= 0.6 is 0 Å². The maximum atomic E-state index is 12.1. The van der Waals surface area contributed by atoms with Crippen molar-refractivity contribution in [2.75, 3.05) is 13.6 Å². The second-order valence-electron chi connectivity index (χ2n) is 4.74. The van der Waals surface area contributed by atoms with Crippen LogP contribution in [0.5, 0.6) is 0 Å². The first-order valence-corrected chi connectivity index (χ1v) is 6.14. The van der Waals surface area contributed by atoms with Gasteiger partial charge in [0.15, 0.2) is 5.76 Å². The summed E-state index contributed by atoms with van der Waals surface area (Å²) in [6, 6.07) is 1.33. The van der Waals surface area contributed by atoms with Crippen molar-refractivity contribution >= 4 is 11.9 Å². The molecule has 5 nitrogen and oxygen atoms in total. The lowest BCUT2D eigenvalue weighted by Crippen LogP contribution is -2.28. The molecule has 1 aliphatic rings. The van der Waals surface area contributed by atoms with E-state index in [0.717, 1.165) is 12.8 Å². The fourth-order valence-corrected chi connectivity index (χ4v) is 1.94. The van der Waals surface area contributed by atoms with Crippen LogP contribution in [-0.2, 0) is 6.42 Å². The third kappa shape index (κ3) is 2.55. The van der Waals surface area contributed by atoms with Crippen molar-refractivity contribution in [3.8, 4) is 0 Å². The number of carboxylic acid groups (broad SMARTS) is 1.